The average Bonchev–Trinajstić information content (AvgIpc) is 2.97. The second-order valence-electron chi connectivity index (χ2n) is 5.54. The zero-order valence-electron chi connectivity index (χ0n) is 11.1. The summed E-state index contributed by atoms with van der Waals surface area (Å²) in [5, 5.41) is 3.33. The Balaban J connectivity index is 1.69. The summed E-state index contributed by atoms with van der Waals surface area (Å²) < 4.78 is 0. The molecule has 1 aromatic heterocycles. The Kier molecular flexibility index (Phi) is 3.35. The van der Waals surface area contributed by atoms with E-state index in [0.29, 0.717) is 0 Å². The molecular weight excluding hydrogens is 224 g/mol. The molecule has 2 unspecified atom stereocenters. The van der Waals surface area contributed by atoms with Crippen molar-refractivity contribution in [2.24, 2.45) is 11.8 Å². The number of anilines is 2. The molecule has 0 amide bonds. The lowest BCUT2D eigenvalue weighted by molar-refractivity contribution is 0.494. The first-order chi connectivity index (χ1) is 8.86. The molecule has 1 N–H and O–H groups in total. The van der Waals surface area contributed by atoms with Gasteiger partial charge in [0.1, 0.15) is 18.0 Å². The first kappa shape index (κ1) is 11.8. The van der Waals surface area contributed by atoms with E-state index < -0.39 is 0 Å². The van der Waals surface area contributed by atoms with Gasteiger partial charge >= 0.3 is 0 Å². The largest absolute Gasteiger partial charge is 0.370 e. The molecule has 0 spiro atoms. The van der Waals surface area contributed by atoms with Gasteiger partial charge < -0.3 is 10.2 Å². The Labute approximate surface area is 109 Å². The highest BCUT2D eigenvalue weighted by atomic mass is 15.2. The Hall–Kier alpha value is -1.32. The topological polar surface area (TPSA) is 41.0 Å². The molecule has 1 aromatic rings. The fraction of sp³-hybridized carbons (Fsp3) is 0.714. The van der Waals surface area contributed by atoms with Crippen molar-refractivity contribution in [1.29, 1.82) is 0 Å². The van der Waals surface area contributed by atoms with E-state index in [2.05, 4.69) is 33.2 Å². The number of rotatable bonds is 4. The Morgan fingerprint density at radius 1 is 1.28 bits per heavy atom. The number of nitrogens with one attached hydrogen (secondary N) is 1. The van der Waals surface area contributed by atoms with E-state index in [1.54, 1.807) is 6.33 Å². The van der Waals surface area contributed by atoms with Gasteiger partial charge in [0.15, 0.2) is 0 Å². The highest BCUT2D eigenvalue weighted by Crippen LogP contribution is 2.39. The summed E-state index contributed by atoms with van der Waals surface area (Å²) in [6.07, 6.45) is 7.05. The molecule has 0 aromatic carbocycles. The van der Waals surface area contributed by atoms with Crippen molar-refractivity contribution in [3.63, 3.8) is 0 Å². The monoisotopic (exact) mass is 246 g/mol. The lowest BCUT2D eigenvalue weighted by Gasteiger charge is -2.18. The second kappa shape index (κ2) is 5.12. The van der Waals surface area contributed by atoms with Crippen LogP contribution in [0.15, 0.2) is 12.4 Å². The molecular formula is C14H22N4. The van der Waals surface area contributed by atoms with Gasteiger partial charge in [-0.25, -0.2) is 9.97 Å². The minimum Gasteiger partial charge on any atom is -0.370 e. The summed E-state index contributed by atoms with van der Waals surface area (Å²) in [6, 6.07) is 2.09. The van der Waals surface area contributed by atoms with Crippen LogP contribution in [0.1, 0.15) is 32.6 Å². The van der Waals surface area contributed by atoms with Crippen molar-refractivity contribution in [3.05, 3.63) is 12.4 Å². The van der Waals surface area contributed by atoms with Crippen LogP contribution in [0.4, 0.5) is 11.6 Å². The smallest absolute Gasteiger partial charge is 0.134 e. The molecule has 2 aliphatic rings. The molecule has 18 heavy (non-hydrogen) atoms. The summed E-state index contributed by atoms with van der Waals surface area (Å²) >= 11 is 0. The Morgan fingerprint density at radius 2 is 2.06 bits per heavy atom. The predicted octanol–water partition coefficient (Wildman–Crippen LogP) is 2.53. The van der Waals surface area contributed by atoms with Crippen LogP contribution in [0.25, 0.3) is 0 Å². The van der Waals surface area contributed by atoms with Gasteiger partial charge in [0.2, 0.25) is 0 Å². The highest BCUT2D eigenvalue weighted by Gasteiger charge is 2.36. The maximum atomic E-state index is 4.43. The van der Waals surface area contributed by atoms with Crippen LogP contribution in [0.2, 0.25) is 0 Å². The highest BCUT2D eigenvalue weighted by molar-refractivity contribution is 5.49. The third-order valence-electron chi connectivity index (χ3n) is 4.26. The van der Waals surface area contributed by atoms with Crippen molar-refractivity contribution in [2.45, 2.75) is 32.6 Å². The van der Waals surface area contributed by atoms with E-state index in [9.17, 15) is 0 Å². The number of fused-ring (bicyclic) bond motifs is 1. The van der Waals surface area contributed by atoms with Crippen LogP contribution in [-0.4, -0.2) is 29.6 Å². The van der Waals surface area contributed by atoms with Crippen LogP contribution in [0.5, 0.6) is 0 Å². The van der Waals surface area contributed by atoms with Gasteiger partial charge in [-0.1, -0.05) is 13.3 Å². The van der Waals surface area contributed by atoms with Crippen molar-refractivity contribution in [3.8, 4) is 0 Å². The molecule has 0 bridgehead atoms. The quantitative estimate of drug-likeness (QED) is 0.886. The molecule has 1 saturated carbocycles. The van der Waals surface area contributed by atoms with Crippen LogP contribution in [0, 0.1) is 11.8 Å². The first-order valence-corrected chi connectivity index (χ1v) is 7.17. The maximum Gasteiger partial charge on any atom is 0.134 e. The number of hydrogen-bond acceptors (Lipinski definition) is 4. The van der Waals surface area contributed by atoms with Gasteiger partial charge in [0, 0.05) is 25.7 Å². The van der Waals surface area contributed by atoms with Crippen LogP contribution < -0.4 is 10.2 Å². The summed E-state index contributed by atoms with van der Waals surface area (Å²) in [5.41, 5.74) is 0. The Morgan fingerprint density at radius 3 is 2.78 bits per heavy atom. The van der Waals surface area contributed by atoms with E-state index in [1.165, 1.54) is 32.4 Å². The molecule has 1 saturated heterocycles. The molecule has 4 nitrogen and oxygen atoms in total. The van der Waals surface area contributed by atoms with E-state index >= 15 is 0 Å². The van der Waals surface area contributed by atoms with Crippen LogP contribution in [0.3, 0.4) is 0 Å². The third-order valence-corrected chi connectivity index (χ3v) is 4.26. The van der Waals surface area contributed by atoms with Crippen LogP contribution in [-0.2, 0) is 0 Å². The minimum atomic E-state index is 0.909. The molecule has 3 rings (SSSR count). The van der Waals surface area contributed by atoms with E-state index in [4.69, 9.17) is 0 Å². The molecule has 2 fully saturated rings. The SMILES string of the molecule is CCCNc1cc(N2CC3CCCC3C2)ncn1. The van der Waals surface area contributed by atoms with Gasteiger partial charge in [-0.2, -0.15) is 0 Å². The Bertz CT molecular complexity index is 395. The van der Waals surface area contributed by atoms with Gasteiger partial charge in [-0.3, -0.25) is 0 Å². The van der Waals surface area contributed by atoms with Crippen molar-refractivity contribution in [1.82, 2.24) is 9.97 Å². The summed E-state index contributed by atoms with van der Waals surface area (Å²) in [7, 11) is 0. The van der Waals surface area contributed by atoms with Crippen molar-refractivity contribution < 1.29 is 0 Å². The first-order valence-electron chi connectivity index (χ1n) is 7.17. The molecule has 2 heterocycles. The van der Waals surface area contributed by atoms with E-state index in [1.807, 2.05) is 0 Å². The zero-order chi connectivity index (χ0) is 12.4. The fourth-order valence-electron chi connectivity index (χ4n) is 3.29. The summed E-state index contributed by atoms with van der Waals surface area (Å²) in [5.74, 6) is 3.87. The number of aromatic nitrogens is 2. The normalized spacial score (nSPS) is 26.4. The molecule has 1 aliphatic carbocycles. The number of hydrogen-bond donors (Lipinski definition) is 1. The fourth-order valence-corrected chi connectivity index (χ4v) is 3.29. The van der Waals surface area contributed by atoms with Crippen LogP contribution >= 0.6 is 0 Å². The van der Waals surface area contributed by atoms with E-state index in [-0.39, 0.29) is 0 Å². The van der Waals surface area contributed by atoms with E-state index in [0.717, 1.165) is 36.4 Å². The van der Waals surface area contributed by atoms with Gasteiger partial charge in [0.05, 0.1) is 0 Å². The average molecular weight is 246 g/mol. The molecule has 0 radical (unpaired) electrons. The predicted molar refractivity (Wildman–Crippen MR) is 73.9 cm³/mol. The molecule has 1 aliphatic heterocycles. The minimum absolute atomic E-state index is 0.909. The van der Waals surface area contributed by atoms with Crippen molar-refractivity contribution >= 4 is 11.6 Å². The van der Waals surface area contributed by atoms with Gasteiger partial charge in [-0.15, -0.1) is 0 Å². The standard InChI is InChI=1S/C14H22N4/c1-2-6-15-13-7-14(17-10-16-13)18-8-11-4-3-5-12(11)9-18/h7,10-12H,2-6,8-9H2,1H3,(H,15,16,17). The van der Waals surface area contributed by atoms with Gasteiger partial charge in [-0.05, 0) is 31.1 Å². The second-order valence-corrected chi connectivity index (χ2v) is 5.54. The van der Waals surface area contributed by atoms with Gasteiger partial charge in [0.25, 0.3) is 0 Å². The number of nitrogens with zero attached hydrogens (tertiary/aromatic N) is 3. The summed E-state index contributed by atoms with van der Waals surface area (Å²) in [4.78, 5) is 11.1. The maximum absolute atomic E-state index is 4.43. The lowest BCUT2D eigenvalue weighted by atomic mass is 10.0. The summed E-state index contributed by atoms with van der Waals surface area (Å²) in [6.45, 7) is 5.52. The molecule has 4 heteroatoms. The lowest BCUT2D eigenvalue weighted by Crippen LogP contribution is -2.22. The van der Waals surface area contributed by atoms with Crippen molar-refractivity contribution in [2.75, 3.05) is 29.9 Å². The molecule has 2 atom stereocenters. The molecule has 98 valence electrons. The zero-order valence-corrected chi connectivity index (χ0v) is 11.1. The third kappa shape index (κ3) is 2.28.